The molecule has 1 heterocycles. The van der Waals surface area contributed by atoms with Gasteiger partial charge in [0.25, 0.3) is 0 Å². The summed E-state index contributed by atoms with van der Waals surface area (Å²) in [6.07, 6.45) is 2.65. The van der Waals surface area contributed by atoms with Crippen LogP contribution in [0.2, 0.25) is 0 Å². The molecule has 1 aromatic carbocycles. The molecule has 20 heavy (non-hydrogen) atoms. The maximum absolute atomic E-state index is 11.8. The Bertz CT molecular complexity index is 674. The second-order valence-electron chi connectivity index (χ2n) is 5.08. The first-order valence-corrected chi connectivity index (χ1v) is 8.80. The molecule has 0 bridgehead atoms. The van der Waals surface area contributed by atoms with Gasteiger partial charge in [-0.05, 0) is 36.6 Å². The average Bonchev–Trinajstić information content (AvgIpc) is 2.79. The lowest BCUT2D eigenvalue weighted by Gasteiger charge is -2.07. The normalized spacial score (nSPS) is 12.1. The van der Waals surface area contributed by atoms with Crippen LogP contribution in [-0.2, 0) is 22.9 Å². The van der Waals surface area contributed by atoms with Crippen molar-refractivity contribution in [2.75, 3.05) is 18.6 Å². The number of nitrogens with one attached hydrogen (secondary N) is 1. The van der Waals surface area contributed by atoms with Crippen LogP contribution in [0.5, 0.6) is 0 Å². The fourth-order valence-electron chi connectivity index (χ4n) is 2.39. The zero-order valence-electron chi connectivity index (χ0n) is 12.1. The van der Waals surface area contributed by atoms with Crippen molar-refractivity contribution >= 4 is 20.7 Å². The van der Waals surface area contributed by atoms with Crippen molar-refractivity contribution < 1.29 is 8.42 Å². The van der Waals surface area contributed by atoms with Gasteiger partial charge in [-0.25, -0.2) is 8.42 Å². The first kappa shape index (κ1) is 15.1. The maximum Gasteiger partial charge on any atom is 0.152 e. The van der Waals surface area contributed by atoms with E-state index in [4.69, 9.17) is 0 Å². The molecule has 0 unspecified atom stereocenters. The number of rotatable bonds is 7. The molecule has 110 valence electrons. The predicted molar refractivity (Wildman–Crippen MR) is 83.6 cm³/mol. The summed E-state index contributed by atoms with van der Waals surface area (Å²) in [5, 5.41) is 4.28. The van der Waals surface area contributed by atoms with Crippen LogP contribution in [0.25, 0.3) is 10.9 Å². The lowest BCUT2D eigenvalue weighted by Crippen LogP contribution is -2.15. The van der Waals surface area contributed by atoms with Crippen LogP contribution >= 0.6 is 0 Å². The van der Waals surface area contributed by atoms with Crippen LogP contribution < -0.4 is 5.32 Å². The Morgan fingerprint density at radius 3 is 2.70 bits per heavy atom. The highest BCUT2D eigenvalue weighted by Gasteiger charge is 2.10. The van der Waals surface area contributed by atoms with E-state index in [-0.39, 0.29) is 11.5 Å². The molecule has 0 fully saturated rings. The van der Waals surface area contributed by atoms with Gasteiger partial charge in [-0.2, -0.15) is 0 Å². The second kappa shape index (κ2) is 6.41. The van der Waals surface area contributed by atoms with E-state index in [1.807, 2.05) is 30.8 Å². The summed E-state index contributed by atoms with van der Waals surface area (Å²) in [4.78, 5) is 0. The van der Waals surface area contributed by atoms with Crippen LogP contribution in [-0.4, -0.2) is 31.5 Å². The Kier molecular flexibility index (Phi) is 4.83. The minimum atomic E-state index is -2.93. The molecule has 0 saturated carbocycles. The highest BCUT2D eigenvalue weighted by Crippen LogP contribution is 2.18. The minimum absolute atomic E-state index is 0.209. The van der Waals surface area contributed by atoms with Crippen molar-refractivity contribution in [2.24, 2.45) is 0 Å². The van der Waals surface area contributed by atoms with Gasteiger partial charge in [0.2, 0.25) is 0 Å². The first-order valence-electron chi connectivity index (χ1n) is 6.98. The highest BCUT2D eigenvalue weighted by molar-refractivity contribution is 7.91. The van der Waals surface area contributed by atoms with Gasteiger partial charge in [-0.3, -0.25) is 0 Å². The van der Waals surface area contributed by atoms with Crippen molar-refractivity contribution in [2.45, 2.75) is 26.4 Å². The second-order valence-corrected chi connectivity index (χ2v) is 7.39. The molecule has 2 rings (SSSR count). The smallest absolute Gasteiger partial charge is 0.152 e. The maximum atomic E-state index is 11.8. The van der Waals surface area contributed by atoms with Crippen LogP contribution in [0.3, 0.4) is 0 Å². The monoisotopic (exact) mass is 294 g/mol. The predicted octanol–water partition coefficient (Wildman–Crippen LogP) is 2.19. The number of aromatic nitrogens is 1. The Balaban J connectivity index is 2.19. The van der Waals surface area contributed by atoms with Gasteiger partial charge in [0.05, 0.1) is 5.75 Å². The van der Waals surface area contributed by atoms with Crippen molar-refractivity contribution in [3.63, 3.8) is 0 Å². The van der Waals surface area contributed by atoms with Gasteiger partial charge in [-0.15, -0.1) is 0 Å². The van der Waals surface area contributed by atoms with Crippen LogP contribution in [0, 0.1) is 0 Å². The highest BCUT2D eigenvalue weighted by atomic mass is 32.2. The third-order valence-electron chi connectivity index (χ3n) is 3.38. The van der Waals surface area contributed by atoms with Crippen molar-refractivity contribution in [3.05, 3.63) is 36.0 Å². The lowest BCUT2D eigenvalue weighted by atomic mass is 10.1. The van der Waals surface area contributed by atoms with E-state index >= 15 is 0 Å². The third kappa shape index (κ3) is 3.61. The third-order valence-corrected chi connectivity index (χ3v) is 5.21. The Morgan fingerprint density at radius 2 is 2.00 bits per heavy atom. The number of aryl methyl sites for hydroxylation is 1. The quantitative estimate of drug-likeness (QED) is 0.851. The molecular formula is C15H22N2O2S. The van der Waals surface area contributed by atoms with Crippen LogP contribution in [0.4, 0.5) is 0 Å². The van der Waals surface area contributed by atoms with Crippen LogP contribution in [0.15, 0.2) is 30.5 Å². The zero-order valence-corrected chi connectivity index (χ0v) is 12.9. The molecule has 0 spiro atoms. The molecule has 1 N–H and O–H groups in total. The first-order chi connectivity index (χ1) is 9.55. The van der Waals surface area contributed by atoms with Crippen LogP contribution in [0.1, 0.15) is 18.9 Å². The Morgan fingerprint density at radius 1 is 1.20 bits per heavy atom. The van der Waals surface area contributed by atoms with Gasteiger partial charge >= 0.3 is 0 Å². The standard InChI is InChI=1S/C15H22N2O2S/c1-3-9-20(18,19)10-8-17-7-6-14-5-4-13(12-16-2)11-15(14)17/h4-7,11,16H,3,8-10,12H2,1-2H3. The largest absolute Gasteiger partial charge is 0.346 e. The summed E-state index contributed by atoms with van der Waals surface area (Å²) in [5.41, 5.74) is 2.31. The summed E-state index contributed by atoms with van der Waals surface area (Å²) in [6, 6.07) is 8.33. The van der Waals surface area contributed by atoms with E-state index in [9.17, 15) is 8.42 Å². The molecule has 0 aliphatic heterocycles. The van der Waals surface area contributed by atoms with Gasteiger partial charge < -0.3 is 9.88 Å². The Hall–Kier alpha value is -1.33. The number of hydrogen-bond donors (Lipinski definition) is 1. The molecule has 0 aliphatic carbocycles. The number of fused-ring (bicyclic) bond motifs is 1. The summed E-state index contributed by atoms with van der Waals surface area (Å²) in [7, 11) is -1.01. The summed E-state index contributed by atoms with van der Waals surface area (Å²) < 4.78 is 25.6. The molecule has 0 amide bonds. The van der Waals surface area contributed by atoms with E-state index in [1.165, 1.54) is 5.56 Å². The minimum Gasteiger partial charge on any atom is -0.346 e. The van der Waals surface area contributed by atoms with Gasteiger partial charge in [0.1, 0.15) is 0 Å². The van der Waals surface area contributed by atoms with E-state index in [0.717, 1.165) is 17.4 Å². The van der Waals surface area contributed by atoms with E-state index < -0.39 is 9.84 Å². The summed E-state index contributed by atoms with van der Waals surface area (Å²) >= 11 is 0. The molecule has 4 nitrogen and oxygen atoms in total. The number of nitrogens with zero attached hydrogens (tertiary/aromatic N) is 1. The molecule has 5 heteroatoms. The zero-order chi connectivity index (χ0) is 14.6. The molecule has 0 saturated heterocycles. The van der Waals surface area contributed by atoms with Gasteiger partial charge in [-0.1, -0.05) is 19.1 Å². The average molecular weight is 294 g/mol. The summed E-state index contributed by atoms with van der Waals surface area (Å²) in [6.45, 7) is 3.23. The van der Waals surface area contributed by atoms with Crippen molar-refractivity contribution in [3.8, 4) is 0 Å². The van der Waals surface area contributed by atoms with E-state index in [0.29, 0.717) is 13.0 Å². The molecule has 0 radical (unpaired) electrons. The number of benzene rings is 1. The van der Waals surface area contributed by atoms with E-state index in [1.54, 1.807) is 0 Å². The number of hydrogen-bond acceptors (Lipinski definition) is 3. The number of sulfone groups is 1. The van der Waals surface area contributed by atoms with Gasteiger partial charge in [0, 0.05) is 30.6 Å². The molecular weight excluding hydrogens is 272 g/mol. The molecule has 2 aromatic rings. The molecule has 1 aromatic heterocycles. The topological polar surface area (TPSA) is 51.1 Å². The SMILES string of the molecule is CCCS(=O)(=O)CCn1ccc2ccc(CNC)cc21. The lowest BCUT2D eigenvalue weighted by molar-refractivity contribution is 0.588. The molecule has 0 aliphatic rings. The Labute approximate surface area is 120 Å². The van der Waals surface area contributed by atoms with E-state index in [2.05, 4.69) is 23.5 Å². The molecule has 0 atom stereocenters. The summed E-state index contributed by atoms with van der Waals surface area (Å²) in [5.74, 6) is 0.484. The van der Waals surface area contributed by atoms with Gasteiger partial charge in [0.15, 0.2) is 9.84 Å². The fraction of sp³-hybridized carbons (Fsp3) is 0.467. The van der Waals surface area contributed by atoms with Crippen molar-refractivity contribution in [1.82, 2.24) is 9.88 Å². The van der Waals surface area contributed by atoms with Crippen molar-refractivity contribution in [1.29, 1.82) is 0 Å². The fourth-order valence-corrected chi connectivity index (χ4v) is 3.69.